The molecule has 0 radical (unpaired) electrons. The van der Waals surface area contributed by atoms with Crippen molar-refractivity contribution in [3.63, 3.8) is 0 Å². The molecule has 2 atom stereocenters. The Balaban J connectivity index is 1.79. The summed E-state index contributed by atoms with van der Waals surface area (Å²) in [5.41, 5.74) is 0.687. The average Bonchev–Trinajstić information content (AvgIpc) is 3.21. The summed E-state index contributed by atoms with van der Waals surface area (Å²) in [5, 5.41) is 3.20. The van der Waals surface area contributed by atoms with E-state index >= 15 is 0 Å². The third kappa shape index (κ3) is 5.52. The van der Waals surface area contributed by atoms with Crippen LogP contribution in [0.3, 0.4) is 0 Å². The predicted octanol–water partition coefficient (Wildman–Crippen LogP) is 4.07. The molecular weight excluding hydrogens is 392 g/mol. The summed E-state index contributed by atoms with van der Waals surface area (Å²) < 4.78 is 11.3. The van der Waals surface area contributed by atoms with Gasteiger partial charge in [0.1, 0.15) is 18.8 Å². The van der Waals surface area contributed by atoms with Crippen LogP contribution in [0.1, 0.15) is 30.9 Å². The summed E-state index contributed by atoms with van der Waals surface area (Å²) >= 11 is 0. The molecule has 31 heavy (non-hydrogen) atoms. The number of likely N-dealkylation sites (N-methyl/N-ethyl adjacent to an activating group) is 1. The number of carbonyl (C=O) groups is 2. The molecule has 2 unspecified atom stereocenters. The number of nitrogens with one attached hydrogen (secondary N) is 1. The Kier molecular flexibility index (Phi) is 7.84. The van der Waals surface area contributed by atoms with Gasteiger partial charge in [0.25, 0.3) is 0 Å². The molecule has 164 valence electrons. The highest BCUT2D eigenvalue weighted by Gasteiger charge is 2.54. The van der Waals surface area contributed by atoms with Crippen molar-refractivity contribution >= 4 is 12.1 Å². The topological polar surface area (TPSA) is 67.9 Å². The standard InChI is InChI=1S/C25H30N2O4/c1-3-4-15-25(23(28)30-18-20-11-7-5-8-12-20)16-22(26-2)17-27(25)24(29)31-19-21-13-9-6-10-14-21/h3-14,22,26H,15-19H2,1-2H3/b4-3+. The maximum absolute atomic E-state index is 13.4. The molecule has 1 aliphatic heterocycles. The second-order valence-electron chi connectivity index (χ2n) is 7.71. The van der Waals surface area contributed by atoms with Crippen molar-refractivity contribution in [2.45, 2.75) is 44.6 Å². The van der Waals surface area contributed by atoms with Gasteiger partial charge in [0, 0.05) is 12.6 Å². The second-order valence-corrected chi connectivity index (χ2v) is 7.71. The van der Waals surface area contributed by atoms with Gasteiger partial charge in [0.15, 0.2) is 0 Å². The lowest BCUT2D eigenvalue weighted by Crippen LogP contribution is -2.53. The minimum atomic E-state index is -1.11. The Morgan fingerprint density at radius 1 is 1.03 bits per heavy atom. The summed E-state index contributed by atoms with van der Waals surface area (Å²) in [4.78, 5) is 28.0. The first-order chi connectivity index (χ1) is 15.1. The molecule has 2 aromatic rings. The van der Waals surface area contributed by atoms with E-state index in [0.717, 1.165) is 11.1 Å². The van der Waals surface area contributed by atoms with Gasteiger partial charge in [-0.25, -0.2) is 9.59 Å². The van der Waals surface area contributed by atoms with Gasteiger partial charge >= 0.3 is 12.1 Å². The number of rotatable bonds is 8. The van der Waals surface area contributed by atoms with E-state index < -0.39 is 17.6 Å². The number of ether oxygens (including phenoxy) is 2. The van der Waals surface area contributed by atoms with E-state index in [1.54, 1.807) is 0 Å². The van der Waals surface area contributed by atoms with Crippen molar-refractivity contribution in [1.29, 1.82) is 0 Å². The number of benzene rings is 2. The third-order valence-electron chi connectivity index (χ3n) is 5.62. The zero-order valence-electron chi connectivity index (χ0n) is 18.1. The van der Waals surface area contributed by atoms with E-state index in [1.165, 1.54) is 4.90 Å². The summed E-state index contributed by atoms with van der Waals surface area (Å²) in [6.45, 7) is 2.58. The normalized spacial score (nSPS) is 20.7. The van der Waals surface area contributed by atoms with Crippen LogP contribution < -0.4 is 5.32 Å². The van der Waals surface area contributed by atoms with Gasteiger partial charge in [0.05, 0.1) is 0 Å². The van der Waals surface area contributed by atoms with Gasteiger partial charge in [-0.15, -0.1) is 0 Å². The van der Waals surface area contributed by atoms with Gasteiger partial charge in [-0.1, -0.05) is 72.8 Å². The van der Waals surface area contributed by atoms with Gasteiger partial charge in [-0.2, -0.15) is 0 Å². The number of hydrogen-bond acceptors (Lipinski definition) is 5. The molecule has 1 saturated heterocycles. The van der Waals surface area contributed by atoms with Crippen LogP contribution in [0, 0.1) is 0 Å². The predicted molar refractivity (Wildman–Crippen MR) is 119 cm³/mol. The Hall–Kier alpha value is -3.12. The van der Waals surface area contributed by atoms with Crippen molar-refractivity contribution < 1.29 is 19.1 Å². The number of nitrogens with zero attached hydrogens (tertiary/aromatic N) is 1. The first-order valence-corrected chi connectivity index (χ1v) is 10.6. The van der Waals surface area contributed by atoms with Crippen LogP contribution in [0.25, 0.3) is 0 Å². The van der Waals surface area contributed by atoms with E-state index in [2.05, 4.69) is 5.32 Å². The van der Waals surface area contributed by atoms with Crippen LogP contribution in [-0.2, 0) is 27.5 Å². The molecular formula is C25H30N2O4. The number of allylic oxidation sites excluding steroid dienone is 1. The molecule has 0 aromatic heterocycles. The molecule has 0 saturated carbocycles. The smallest absolute Gasteiger partial charge is 0.411 e. The summed E-state index contributed by atoms with van der Waals surface area (Å²) in [6, 6.07) is 19.0. The molecule has 1 N–H and O–H groups in total. The molecule has 1 amide bonds. The van der Waals surface area contributed by atoms with Gasteiger partial charge < -0.3 is 14.8 Å². The number of esters is 1. The van der Waals surface area contributed by atoms with Crippen molar-refractivity contribution in [1.82, 2.24) is 10.2 Å². The van der Waals surface area contributed by atoms with E-state index in [1.807, 2.05) is 86.8 Å². The molecule has 1 aliphatic rings. The molecule has 0 aliphatic carbocycles. The van der Waals surface area contributed by atoms with Crippen molar-refractivity contribution in [3.8, 4) is 0 Å². The number of likely N-dealkylation sites (tertiary alicyclic amines) is 1. The number of hydrogen-bond donors (Lipinski definition) is 1. The molecule has 1 heterocycles. The van der Waals surface area contributed by atoms with E-state index in [0.29, 0.717) is 19.4 Å². The zero-order valence-corrected chi connectivity index (χ0v) is 18.1. The average molecular weight is 423 g/mol. The first-order valence-electron chi connectivity index (χ1n) is 10.6. The lowest BCUT2D eigenvalue weighted by atomic mass is 9.90. The Morgan fingerprint density at radius 3 is 2.16 bits per heavy atom. The lowest BCUT2D eigenvalue weighted by molar-refractivity contribution is -0.157. The number of amides is 1. The lowest BCUT2D eigenvalue weighted by Gasteiger charge is -2.34. The van der Waals surface area contributed by atoms with Gasteiger partial charge in [0.2, 0.25) is 0 Å². The molecule has 3 rings (SSSR count). The molecule has 6 heteroatoms. The van der Waals surface area contributed by atoms with E-state index in [4.69, 9.17) is 9.47 Å². The largest absolute Gasteiger partial charge is 0.459 e. The van der Waals surface area contributed by atoms with Crippen LogP contribution >= 0.6 is 0 Å². The van der Waals surface area contributed by atoms with Crippen LogP contribution in [-0.4, -0.2) is 42.1 Å². The third-order valence-corrected chi connectivity index (χ3v) is 5.62. The van der Waals surface area contributed by atoms with Crippen LogP contribution in [0.2, 0.25) is 0 Å². The van der Waals surface area contributed by atoms with Gasteiger partial charge in [-0.3, -0.25) is 4.90 Å². The fraction of sp³-hybridized carbons (Fsp3) is 0.360. The summed E-state index contributed by atoms with van der Waals surface area (Å²) in [5.74, 6) is -0.413. The van der Waals surface area contributed by atoms with Crippen molar-refractivity contribution in [2.75, 3.05) is 13.6 Å². The van der Waals surface area contributed by atoms with Crippen molar-refractivity contribution in [3.05, 3.63) is 83.9 Å². The highest BCUT2D eigenvalue weighted by Crippen LogP contribution is 2.35. The molecule has 6 nitrogen and oxygen atoms in total. The summed E-state index contributed by atoms with van der Waals surface area (Å²) in [7, 11) is 1.83. The van der Waals surface area contributed by atoms with Gasteiger partial charge in [-0.05, 0) is 37.9 Å². The SMILES string of the molecule is C/C=C/CC1(C(=O)OCc2ccccc2)CC(NC)CN1C(=O)OCc1ccccc1. The Bertz CT molecular complexity index is 885. The van der Waals surface area contributed by atoms with Crippen LogP contribution in [0.4, 0.5) is 4.79 Å². The minimum Gasteiger partial charge on any atom is -0.459 e. The Labute approximate surface area is 183 Å². The zero-order chi connectivity index (χ0) is 22.1. The maximum atomic E-state index is 13.4. The molecule has 0 spiro atoms. The van der Waals surface area contributed by atoms with E-state index in [9.17, 15) is 9.59 Å². The van der Waals surface area contributed by atoms with E-state index in [-0.39, 0.29) is 19.3 Å². The molecule has 0 bridgehead atoms. The monoisotopic (exact) mass is 422 g/mol. The van der Waals surface area contributed by atoms with Crippen molar-refractivity contribution in [2.24, 2.45) is 0 Å². The molecule has 1 fully saturated rings. The maximum Gasteiger partial charge on any atom is 0.411 e. The number of carbonyl (C=O) groups excluding carboxylic acids is 2. The first kappa shape index (κ1) is 22.6. The minimum absolute atomic E-state index is 0.0289. The quantitative estimate of drug-likeness (QED) is 0.513. The van der Waals surface area contributed by atoms with Crippen LogP contribution in [0.5, 0.6) is 0 Å². The fourth-order valence-corrected chi connectivity index (χ4v) is 3.86. The highest BCUT2D eigenvalue weighted by atomic mass is 16.6. The summed E-state index contributed by atoms with van der Waals surface area (Å²) in [6.07, 6.45) is 4.10. The van der Waals surface area contributed by atoms with Crippen LogP contribution in [0.15, 0.2) is 72.8 Å². The second kappa shape index (κ2) is 10.8. The molecule has 2 aromatic carbocycles. The Morgan fingerprint density at radius 2 is 1.61 bits per heavy atom. The fourth-order valence-electron chi connectivity index (χ4n) is 3.86. The highest BCUT2D eigenvalue weighted by molar-refractivity contribution is 5.87.